The molecule has 0 aromatic rings. The Morgan fingerprint density at radius 1 is 1.29 bits per heavy atom. The van der Waals surface area contributed by atoms with Crippen molar-refractivity contribution >= 4 is 11.8 Å². The van der Waals surface area contributed by atoms with Crippen molar-refractivity contribution in [1.82, 2.24) is 0 Å². The molecule has 7 heteroatoms. The number of Topliss-reactive ketones (excluding diaryl/α,β-unsaturated/α-hetero) is 1. The molecule has 98 valence electrons. The van der Waals surface area contributed by atoms with E-state index >= 15 is 0 Å². The Labute approximate surface area is 97.9 Å². The third kappa shape index (κ3) is 5.05. The molecular formula is C10H16O7. The Bertz CT molecular complexity index is 299. The average molecular weight is 248 g/mol. The molecule has 3 atom stereocenters. The maximum absolute atomic E-state index is 11.2. The summed E-state index contributed by atoms with van der Waals surface area (Å²) in [6.07, 6.45) is -5.42. The maximum atomic E-state index is 11.2. The van der Waals surface area contributed by atoms with Crippen LogP contribution in [0.3, 0.4) is 0 Å². The first-order valence-electron chi connectivity index (χ1n) is 4.81. The fourth-order valence-electron chi connectivity index (χ4n) is 0.854. The summed E-state index contributed by atoms with van der Waals surface area (Å²) in [5.74, 6) is -1.79. The summed E-state index contributed by atoms with van der Waals surface area (Å²) in [5, 5.41) is 35.9. The van der Waals surface area contributed by atoms with Crippen molar-refractivity contribution in [2.24, 2.45) is 0 Å². The van der Waals surface area contributed by atoms with Gasteiger partial charge in [-0.3, -0.25) is 4.79 Å². The molecule has 0 rings (SSSR count). The number of aliphatic hydroxyl groups excluding tert-OH is 4. The number of rotatable bonds is 7. The fourth-order valence-corrected chi connectivity index (χ4v) is 0.854. The minimum atomic E-state index is -1.94. The second-order valence-electron chi connectivity index (χ2n) is 3.51. The Kier molecular flexibility index (Phi) is 6.59. The van der Waals surface area contributed by atoms with Gasteiger partial charge in [0.25, 0.3) is 0 Å². The molecule has 17 heavy (non-hydrogen) atoms. The molecule has 0 fully saturated rings. The molecule has 0 saturated carbocycles. The number of hydrogen-bond donors (Lipinski definition) is 4. The van der Waals surface area contributed by atoms with Crippen LogP contribution in [-0.4, -0.2) is 63.7 Å². The van der Waals surface area contributed by atoms with E-state index in [0.29, 0.717) is 0 Å². The first kappa shape index (κ1) is 15.7. The second-order valence-corrected chi connectivity index (χ2v) is 3.51. The first-order valence-corrected chi connectivity index (χ1v) is 4.81. The van der Waals surface area contributed by atoms with Crippen molar-refractivity contribution in [1.29, 1.82) is 0 Å². The highest BCUT2D eigenvalue weighted by molar-refractivity contribution is 5.91. The van der Waals surface area contributed by atoms with Gasteiger partial charge in [-0.15, -0.1) is 0 Å². The number of carbonyl (C=O) groups is 2. The predicted octanol–water partition coefficient (Wildman–Crippen LogP) is -2.25. The monoisotopic (exact) mass is 248 g/mol. The number of aliphatic hydroxyl groups is 4. The Morgan fingerprint density at radius 2 is 1.82 bits per heavy atom. The van der Waals surface area contributed by atoms with Crippen LogP contribution >= 0.6 is 0 Å². The third-order valence-electron chi connectivity index (χ3n) is 1.93. The van der Waals surface area contributed by atoms with Gasteiger partial charge in [0.15, 0.2) is 6.61 Å². The van der Waals surface area contributed by atoms with E-state index in [1.165, 1.54) is 6.92 Å². The van der Waals surface area contributed by atoms with Gasteiger partial charge in [-0.25, -0.2) is 4.79 Å². The van der Waals surface area contributed by atoms with Gasteiger partial charge in [0.2, 0.25) is 5.78 Å². The zero-order valence-electron chi connectivity index (χ0n) is 9.37. The van der Waals surface area contributed by atoms with Crippen LogP contribution in [0.15, 0.2) is 12.2 Å². The minimum Gasteiger partial charge on any atom is -0.454 e. The highest BCUT2D eigenvalue weighted by atomic mass is 16.5. The molecule has 7 nitrogen and oxygen atoms in total. The lowest BCUT2D eigenvalue weighted by Gasteiger charge is -2.20. The van der Waals surface area contributed by atoms with Crippen molar-refractivity contribution in [3.8, 4) is 0 Å². The standard InChI is InChI=1S/C10H16O7/c1-5(2)10(16)17-4-7(13)9(15)8(14)6(12)3-11/h6,8-9,11-12,14-15H,1,3-4H2,2H3/t6-,8+,9-/m1/s1. The molecule has 0 unspecified atom stereocenters. The van der Waals surface area contributed by atoms with Crippen molar-refractivity contribution < 1.29 is 34.8 Å². The van der Waals surface area contributed by atoms with Crippen LogP contribution in [0, 0.1) is 0 Å². The molecule has 0 aromatic heterocycles. The molecule has 0 amide bonds. The molecule has 0 aliphatic carbocycles. The van der Waals surface area contributed by atoms with E-state index in [1.807, 2.05) is 0 Å². The lowest BCUT2D eigenvalue weighted by molar-refractivity contribution is -0.152. The van der Waals surface area contributed by atoms with Gasteiger partial charge in [0, 0.05) is 5.57 Å². The first-order chi connectivity index (χ1) is 7.81. The summed E-state index contributed by atoms with van der Waals surface area (Å²) in [4.78, 5) is 22.1. The molecule has 0 spiro atoms. The normalized spacial score (nSPS) is 15.8. The van der Waals surface area contributed by atoms with Gasteiger partial charge in [0.05, 0.1) is 6.61 Å². The van der Waals surface area contributed by atoms with Gasteiger partial charge >= 0.3 is 5.97 Å². The van der Waals surface area contributed by atoms with E-state index in [9.17, 15) is 19.8 Å². The Hall–Kier alpha value is -1.28. The molecule has 4 N–H and O–H groups in total. The minimum absolute atomic E-state index is 0.0863. The van der Waals surface area contributed by atoms with Gasteiger partial charge in [-0.2, -0.15) is 0 Å². The van der Waals surface area contributed by atoms with Crippen molar-refractivity contribution in [2.75, 3.05) is 13.2 Å². The van der Waals surface area contributed by atoms with Crippen LogP contribution in [0.1, 0.15) is 6.92 Å². The molecule has 0 radical (unpaired) electrons. The van der Waals surface area contributed by atoms with Crippen molar-refractivity contribution in [3.63, 3.8) is 0 Å². The largest absolute Gasteiger partial charge is 0.454 e. The molecule has 0 bridgehead atoms. The molecule has 0 aliphatic heterocycles. The van der Waals surface area contributed by atoms with Gasteiger partial charge in [-0.05, 0) is 6.92 Å². The molecule has 0 aromatic carbocycles. The van der Waals surface area contributed by atoms with E-state index in [0.717, 1.165) is 0 Å². The SMILES string of the molecule is C=C(C)C(=O)OCC(=O)[C@@H](O)[C@@H](O)[C@H](O)CO. The van der Waals surface area contributed by atoms with Crippen LogP contribution < -0.4 is 0 Å². The second kappa shape index (κ2) is 7.13. The van der Waals surface area contributed by atoms with Gasteiger partial charge in [-0.1, -0.05) is 6.58 Å². The zero-order chi connectivity index (χ0) is 13.6. The smallest absolute Gasteiger partial charge is 0.333 e. The van der Waals surface area contributed by atoms with Gasteiger partial charge in [0.1, 0.15) is 18.3 Å². The van der Waals surface area contributed by atoms with E-state index in [1.54, 1.807) is 0 Å². The van der Waals surface area contributed by atoms with E-state index < -0.39 is 43.3 Å². The Balaban J connectivity index is 4.23. The summed E-state index contributed by atoms with van der Waals surface area (Å²) in [5.41, 5.74) is 0.0863. The quantitative estimate of drug-likeness (QED) is 0.296. The highest BCUT2D eigenvalue weighted by Crippen LogP contribution is 2.02. The summed E-state index contributed by atoms with van der Waals surface area (Å²) in [6.45, 7) is 3.11. The van der Waals surface area contributed by atoms with Crippen LogP contribution in [0.5, 0.6) is 0 Å². The van der Waals surface area contributed by atoms with Crippen LogP contribution in [-0.2, 0) is 14.3 Å². The number of carbonyl (C=O) groups excluding carboxylic acids is 2. The zero-order valence-corrected chi connectivity index (χ0v) is 9.37. The number of ketones is 1. The molecular weight excluding hydrogens is 232 g/mol. The fraction of sp³-hybridized carbons (Fsp3) is 0.600. The molecule has 0 aliphatic rings. The summed E-state index contributed by atoms with van der Waals surface area (Å²) in [7, 11) is 0. The number of esters is 1. The maximum Gasteiger partial charge on any atom is 0.333 e. The van der Waals surface area contributed by atoms with Crippen LogP contribution in [0.4, 0.5) is 0 Å². The Morgan fingerprint density at radius 3 is 2.24 bits per heavy atom. The topological polar surface area (TPSA) is 124 Å². The molecule has 0 saturated heterocycles. The average Bonchev–Trinajstić information content (AvgIpc) is 2.32. The van der Waals surface area contributed by atoms with Crippen molar-refractivity contribution in [2.45, 2.75) is 25.2 Å². The number of ether oxygens (including phenoxy) is 1. The van der Waals surface area contributed by atoms with E-state index in [-0.39, 0.29) is 5.57 Å². The van der Waals surface area contributed by atoms with Crippen LogP contribution in [0.25, 0.3) is 0 Å². The van der Waals surface area contributed by atoms with Crippen molar-refractivity contribution in [3.05, 3.63) is 12.2 Å². The lowest BCUT2D eigenvalue weighted by Crippen LogP contribution is -2.45. The highest BCUT2D eigenvalue weighted by Gasteiger charge is 2.30. The molecule has 0 heterocycles. The summed E-state index contributed by atoms with van der Waals surface area (Å²) in [6, 6.07) is 0. The van der Waals surface area contributed by atoms with E-state index in [4.69, 9.17) is 10.2 Å². The number of hydrogen-bond acceptors (Lipinski definition) is 7. The third-order valence-corrected chi connectivity index (χ3v) is 1.93. The summed E-state index contributed by atoms with van der Waals surface area (Å²) < 4.78 is 4.45. The lowest BCUT2D eigenvalue weighted by atomic mass is 10.1. The predicted molar refractivity (Wildman–Crippen MR) is 55.9 cm³/mol. The summed E-state index contributed by atoms with van der Waals surface area (Å²) >= 11 is 0. The van der Waals surface area contributed by atoms with Crippen LogP contribution in [0.2, 0.25) is 0 Å². The van der Waals surface area contributed by atoms with Gasteiger partial charge < -0.3 is 25.2 Å². The van der Waals surface area contributed by atoms with E-state index in [2.05, 4.69) is 11.3 Å².